The lowest BCUT2D eigenvalue weighted by atomic mass is 9.63. The molecule has 1 aliphatic carbocycles. The molecule has 0 aromatic rings. The first kappa shape index (κ1) is 9.51. The molecule has 0 radical (unpaired) electrons. The average molecular weight is 181 g/mol. The average Bonchev–Trinajstić information content (AvgIpc) is 2.14. The van der Waals surface area contributed by atoms with Crippen molar-refractivity contribution in [2.45, 2.75) is 45.4 Å². The number of rotatable bonds is 0. The van der Waals surface area contributed by atoms with E-state index in [4.69, 9.17) is 0 Å². The smallest absolute Gasteiger partial charge is 0.00375 e. The summed E-state index contributed by atoms with van der Waals surface area (Å²) in [5.74, 6) is 0.976. The summed E-state index contributed by atoms with van der Waals surface area (Å²) >= 11 is 0. The molecular formula is C12H23N. The summed E-state index contributed by atoms with van der Waals surface area (Å²) in [6.45, 7) is 5.18. The van der Waals surface area contributed by atoms with Crippen LogP contribution in [0.4, 0.5) is 0 Å². The van der Waals surface area contributed by atoms with E-state index in [0.29, 0.717) is 5.41 Å². The van der Waals surface area contributed by atoms with Crippen LogP contribution in [0.3, 0.4) is 0 Å². The second-order valence-electron chi connectivity index (χ2n) is 5.35. The lowest BCUT2D eigenvalue weighted by molar-refractivity contribution is 0.0160. The van der Waals surface area contributed by atoms with Gasteiger partial charge in [0.1, 0.15) is 0 Å². The van der Waals surface area contributed by atoms with Gasteiger partial charge >= 0.3 is 0 Å². The fourth-order valence-corrected chi connectivity index (χ4v) is 3.40. The van der Waals surface area contributed by atoms with Crippen LogP contribution in [0, 0.1) is 11.3 Å². The van der Waals surface area contributed by atoms with Gasteiger partial charge in [0, 0.05) is 6.54 Å². The minimum absolute atomic E-state index is 0.714. The van der Waals surface area contributed by atoms with E-state index in [0.717, 1.165) is 5.92 Å². The molecule has 1 spiro atoms. The molecule has 1 heteroatoms. The third-order valence-electron chi connectivity index (χ3n) is 4.42. The molecule has 0 unspecified atom stereocenters. The summed E-state index contributed by atoms with van der Waals surface area (Å²) in [6.07, 6.45) is 8.88. The summed E-state index contributed by atoms with van der Waals surface area (Å²) < 4.78 is 0. The van der Waals surface area contributed by atoms with Gasteiger partial charge < -0.3 is 4.90 Å². The number of piperidine rings is 1. The van der Waals surface area contributed by atoms with Gasteiger partial charge in [-0.1, -0.05) is 26.2 Å². The first-order chi connectivity index (χ1) is 6.23. The highest BCUT2D eigenvalue weighted by molar-refractivity contribution is 4.92. The molecule has 2 rings (SSSR count). The molecule has 76 valence electrons. The van der Waals surface area contributed by atoms with Crippen LogP contribution in [0.2, 0.25) is 0 Å². The van der Waals surface area contributed by atoms with E-state index in [1.807, 2.05) is 0 Å². The monoisotopic (exact) mass is 181 g/mol. The van der Waals surface area contributed by atoms with Crippen LogP contribution in [0.1, 0.15) is 45.4 Å². The van der Waals surface area contributed by atoms with Crippen LogP contribution in [-0.2, 0) is 0 Å². The van der Waals surface area contributed by atoms with Crippen LogP contribution in [0.5, 0.6) is 0 Å². The Bertz CT molecular complexity index is 170. The summed E-state index contributed by atoms with van der Waals surface area (Å²) in [5.41, 5.74) is 0.714. The van der Waals surface area contributed by atoms with Crippen molar-refractivity contribution in [1.29, 1.82) is 0 Å². The molecule has 2 aliphatic rings. The van der Waals surface area contributed by atoms with Crippen LogP contribution in [0.15, 0.2) is 0 Å². The van der Waals surface area contributed by atoms with E-state index >= 15 is 0 Å². The largest absolute Gasteiger partial charge is 0.306 e. The van der Waals surface area contributed by atoms with Crippen molar-refractivity contribution in [2.75, 3.05) is 20.1 Å². The maximum absolute atomic E-state index is 2.55. The van der Waals surface area contributed by atoms with Gasteiger partial charge in [0.2, 0.25) is 0 Å². The molecule has 1 aliphatic heterocycles. The Labute approximate surface area is 82.5 Å². The number of nitrogens with zero attached hydrogens (tertiary/aromatic N) is 1. The molecule has 0 N–H and O–H groups in total. The molecule has 1 heterocycles. The molecule has 1 saturated carbocycles. The first-order valence-corrected chi connectivity index (χ1v) is 5.91. The van der Waals surface area contributed by atoms with Gasteiger partial charge in [-0.25, -0.2) is 0 Å². The Hall–Kier alpha value is -0.0400. The molecule has 1 saturated heterocycles. The Kier molecular flexibility index (Phi) is 2.64. The van der Waals surface area contributed by atoms with Crippen molar-refractivity contribution in [3.8, 4) is 0 Å². The van der Waals surface area contributed by atoms with Gasteiger partial charge in [-0.2, -0.15) is 0 Å². The molecule has 1 nitrogen and oxygen atoms in total. The van der Waals surface area contributed by atoms with Crippen LogP contribution in [-0.4, -0.2) is 25.0 Å². The van der Waals surface area contributed by atoms with Gasteiger partial charge in [0.25, 0.3) is 0 Å². The summed E-state index contributed by atoms with van der Waals surface area (Å²) in [4.78, 5) is 2.55. The van der Waals surface area contributed by atoms with E-state index in [1.165, 1.54) is 51.6 Å². The minimum atomic E-state index is 0.714. The van der Waals surface area contributed by atoms with Crippen molar-refractivity contribution < 1.29 is 0 Å². The first-order valence-electron chi connectivity index (χ1n) is 5.91. The van der Waals surface area contributed by atoms with Crippen LogP contribution >= 0.6 is 0 Å². The molecule has 0 bridgehead atoms. The number of hydrogen-bond acceptors (Lipinski definition) is 1. The molecule has 13 heavy (non-hydrogen) atoms. The Balaban J connectivity index is 2.07. The van der Waals surface area contributed by atoms with E-state index in [9.17, 15) is 0 Å². The standard InChI is InChI=1S/C12H23N/c1-11-6-9-13(2)10-12(11)7-4-3-5-8-12/h11H,3-10H2,1-2H3/t11-/m1/s1. The van der Waals surface area contributed by atoms with Gasteiger partial charge in [0.05, 0.1) is 0 Å². The zero-order chi connectivity index (χ0) is 9.31. The second kappa shape index (κ2) is 3.61. The Morgan fingerprint density at radius 1 is 1.15 bits per heavy atom. The molecule has 1 atom stereocenters. The molecule has 0 aromatic heterocycles. The summed E-state index contributed by atoms with van der Waals surface area (Å²) in [5, 5.41) is 0. The third-order valence-corrected chi connectivity index (χ3v) is 4.42. The lowest BCUT2D eigenvalue weighted by Crippen LogP contribution is -2.47. The minimum Gasteiger partial charge on any atom is -0.306 e. The summed E-state index contributed by atoms with van der Waals surface area (Å²) in [6, 6.07) is 0. The van der Waals surface area contributed by atoms with Crippen LogP contribution in [0.25, 0.3) is 0 Å². The van der Waals surface area contributed by atoms with Gasteiger partial charge in [-0.05, 0) is 44.2 Å². The molecule has 0 amide bonds. The van der Waals surface area contributed by atoms with Crippen molar-refractivity contribution in [1.82, 2.24) is 4.90 Å². The van der Waals surface area contributed by atoms with E-state index < -0.39 is 0 Å². The zero-order valence-corrected chi connectivity index (χ0v) is 9.18. The number of likely N-dealkylation sites (tertiary alicyclic amines) is 1. The van der Waals surface area contributed by atoms with Gasteiger partial charge in [-0.15, -0.1) is 0 Å². The van der Waals surface area contributed by atoms with Crippen molar-refractivity contribution in [3.05, 3.63) is 0 Å². The highest BCUT2D eigenvalue weighted by Gasteiger charge is 2.40. The quantitative estimate of drug-likeness (QED) is 0.555. The summed E-state index contributed by atoms with van der Waals surface area (Å²) in [7, 11) is 2.29. The Morgan fingerprint density at radius 2 is 1.85 bits per heavy atom. The predicted octanol–water partition coefficient (Wildman–Crippen LogP) is 2.91. The highest BCUT2D eigenvalue weighted by atomic mass is 15.1. The zero-order valence-electron chi connectivity index (χ0n) is 9.18. The number of hydrogen-bond donors (Lipinski definition) is 0. The van der Waals surface area contributed by atoms with Crippen LogP contribution < -0.4 is 0 Å². The fourth-order valence-electron chi connectivity index (χ4n) is 3.40. The topological polar surface area (TPSA) is 3.24 Å². The van der Waals surface area contributed by atoms with Crippen molar-refractivity contribution >= 4 is 0 Å². The van der Waals surface area contributed by atoms with Crippen molar-refractivity contribution in [2.24, 2.45) is 11.3 Å². The van der Waals surface area contributed by atoms with Crippen molar-refractivity contribution in [3.63, 3.8) is 0 Å². The molecule has 2 fully saturated rings. The van der Waals surface area contributed by atoms with E-state index in [1.54, 1.807) is 0 Å². The second-order valence-corrected chi connectivity index (χ2v) is 5.35. The fraction of sp³-hybridized carbons (Fsp3) is 1.00. The van der Waals surface area contributed by atoms with Gasteiger partial charge in [-0.3, -0.25) is 0 Å². The van der Waals surface area contributed by atoms with E-state index in [2.05, 4.69) is 18.9 Å². The van der Waals surface area contributed by atoms with Gasteiger partial charge in [0.15, 0.2) is 0 Å². The van der Waals surface area contributed by atoms with E-state index in [-0.39, 0.29) is 0 Å². The SMILES string of the molecule is C[C@@H]1CCN(C)CC12CCCCC2. The third kappa shape index (κ3) is 1.76. The molecule has 0 aromatic carbocycles. The Morgan fingerprint density at radius 3 is 2.54 bits per heavy atom. The normalized spacial score (nSPS) is 35.1. The molecular weight excluding hydrogens is 158 g/mol. The maximum atomic E-state index is 2.55. The maximum Gasteiger partial charge on any atom is 0.00375 e. The highest BCUT2D eigenvalue weighted by Crippen LogP contribution is 2.46. The predicted molar refractivity (Wildman–Crippen MR) is 56.8 cm³/mol. The lowest BCUT2D eigenvalue weighted by Gasteiger charge is -2.48.